The van der Waals surface area contributed by atoms with Crippen LogP contribution in [-0.4, -0.2) is 34.0 Å². The number of thioether (sulfide) groups is 1. The standard InChI is InChI=1S/C23H20FN3O2S2/c24-17-7-5-15(6-8-17)21(28)14-31-23-27-18(13-30-23)11-22(29)25-10-9-16-12-26-20-4-2-1-3-19(16)20/h1-8,12-13,26H,9-11,14H2,(H,25,29). The van der Waals surface area contributed by atoms with E-state index in [4.69, 9.17) is 0 Å². The van der Waals surface area contributed by atoms with Crippen molar-refractivity contribution in [1.29, 1.82) is 0 Å². The minimum Gasteiger partial charge on any atom is -0.361 e. The molecule has 0 saturated carbocycles. The van der Waals surface area contributed by atoms with Gasteiger partial charge >= 0.3 is 0 Å². The molecule has 0 unspecified atom stereocenters. The van der Waals surface area contributed by atoms with Crippen molar-refractivity contribution in [2.45, 2.75) is 17.2 Å². The van der Waals surface area contributed by atoms with Crippen LogP contribution in [0.25, 0.3) is 10.9 Å². The average molecular weight is 454 g/mol. The van der Waals surface area contributed by atoms with E-state index in [2.05, 4.69) is 21.4 Å². The zero-order chi connectivity index (χ0) is 21.6. The number of rotatable bonds is 9. The van der Waals surface area contributed by atoms with Crippen molar-refractivity contribution < 1.29 is 14.0 Å². The van der Waals surface area contributed by atoms with Gasteiger partial charge in [0.15, 0.2) is 10.1 Å². The number of nitrogens with one attached hydrogen (secondary N) is 2. The van der Waals surface area contributed by atoms with Gasteiger partial charge in [-0.25, -0.2) is 9.37 Å². The van der Waals surface area contributed by atoms with Crippen molar-refractivity contribution in [2.75, 3.05) is 12.3 Å². The van der Waals surface area contributed by atoms with Crippen LogP contribution in [0.15, 0.2) is 64.4 Å². The molecular formula is C23H20FN3O2S2. The first kappa shape index (κ1) is 21.3. The van der Waals surface area contributed by atoms with Crippen LogP contribution in [0.3, 0.4) is 0 Å². The number of nitrogens with zero attached hydrogens (tertiary/aromatic N) is 1. The number of amides is 1. The first-order valence-corrected chi connectivity index (χ1v) is 11.6. The van der Waals surface area contributed by atoms with E-state index >= 15 is 0 Å². The Morgan fingerprint density at radius 2 is 1.94 bits per heavy atom. The molecule has 4 rings (SSSR count). The van der Waals surface area contributed by atoms with Crippen LogP contribution in [0, 0.1) is 5.82 Å². The number of H-pyrrole nitrogens is 1. The van der Waals surface area contributed by atoms with Crippen LogP contribution < -0.4 is 5.32 Å². The molecule has 0 aliphatic carbocycles. The van der Waals surface area contributed by atoms with Gasteiger partial charge in [0.2, 0.25) is 5.91 Å². The number of para-hydroxylation sites is 1. The highest BCUT2D eigenvalue weighted by Gasteiger charge is 2.11. The normalized spacial score (nSPS) is 11.0. The van der Waals surface area contributed by atoms with Crippen LogP contribution in [0.2, 0.25) is 0 Å². The number of halogens is 1. The second kappa shape index (κ2) is 9.89. The summed E-state index contributed by atoms with van der Waals surface area (Å²) in [4.78, 5) is 32.1. The van der Waals surface area contributed by atoms with Crippen molar-refractivity contribution in [1.82, 2.24) is 15.3 Å². The van der Waals surface area contributed by atoms with E-state index in [1.54, 1.807) is 0 Å². The van der Waals surface area contributed by atoms with Crippen molar-refractivity contribution >= 4 is 45.7 Å². The second-order valence-corrected chi connectivity index (χ2v) is 9.04. The van der Waals surface area contributed by atoms with Crippen molar-refractivity contribution in [3.8, 4) is 0 Å². The van der Waals surface area contributed by atoms with Gasteiger partial charge in [-0.15, -0.1) is 11.3 Å². The quantitative estimate of drug-likeness (QED) is 0.286. The summed E-state index contributed by atoms with van der Waals surface area (Å²) in [7, 11) is 0. The number of ketones is 1. The highest BCUT2D eigenvalue weighted by Crippen LogP contribution is 2.24. The van der Waals surface area contributed by atoms with Crippen molar-refractivity contribution in [3.63, 3.8) is 0 Å². The molecule has 0 atom stereocenters. The predicted octanol–water partition coefficient (Wildman–Crippen LogP) is 4.64. The van der Waals surface area contributed by atoms with Gasteiger partial charge in [-0.05, 0) is 42.3 Å². The highest BCUT2D eigenvalue weighted by atomic mass is 32.2. The number of benzene rings is 2. The Morgan fingerprint density at radius 1 is 1.13 bits per heavy atom. The summed E-state index contributed by atoms with van der Waals surface area (Å²) in [5.41, 5.74) is 3.43. The summed E-state index contributed by atoms with van der Waals surface area (Å²) in [5, 5.41) is 5.95. The summed E-state index contributed by atoms with van der Waals surface area (Å²) >= 11 is 2.73. The zero-order valence-corrected chi connectivity index (χ0v) is 18.2. The Bertz CT molecular complexity index is 1200. The number of hydrogen-bond acceptors (Lipinski definition) is 5. The monoisotopic (exact) mass is 453 g/mol. The maximum atomic E-state index is 13.0. The Balaban J connectivity index is 1.22. The molecule has 8 heteroatoms. The molecule has 0 saturated heterocycles. The van der Waals surface area contributed by atoms with Crippen LogP contribution in [0.4, 0.5) is 4.39 Å². The van der Waals surface area contributed by atoms with Crippen LogP contribution in [-0.2, 0) is 17.6 Å². The van der Waals surface area contributed by atoms with E-state index in [1.165, 1.54) is 58.3 Å². The van der Waals surface area contributed by atoms with Crippen LogP contribution in [0.5, 0.6) is 0 Å². The second-order valence-electron chi connectivity index (χ2n) is 6.96. The highest BCUT2D eigenvalue weighted by molar-refractivity contribution is 8.01. The summed E-state index contributed by atoms with van der Waals surface area (Å²) in [6.45, 7) is 0.554. The fourth-order valence-corrected chi connectivity index (χ4v) is 4.92. The van der Waals surface area contributed by atoms with Crippen LogP contribution >= 0.6 is 23.1 Å². The van der Waals surface area contributed by atoms with Gasteiger partial charge in [0, 0.05) is 34.6 Å². The molecule has 2 aromatic heterocycles. The molecular weight excluding hydrogens is 433 g/mol. The molecule has 31 heavy (non-hydrogen) atoms. The number of Topliss-reactive ketones (excluding diaryl/α,β-unsaturated/α-hetero) is 1. The molecule has 0 aliphatic rings. The number of fused-ring (bicyclic) bond motifs is 1. The molecule has 2 aromatic carbocycles. The Labute approximate surface area is 187 Å². The fraction of sp³-hybridized carbons (Fsp3) is 0.174. The molecule has 4 aromatic rings. The Kier molecular flexibility index (Phi) is 6.79. The van der Waals surface area contributed by atoms with Gasteiger partial charge in [-0.1, -0.05) is 30.0 Å². The third-order valence-corrected chi connectivity index (χ3v) is 6.83. The summed E-state index contributed by atoms with van der Waals surface area (Å²) in [6, 6.07) is 13.6. The maximum Gasteiger partial charge on any atom is 0.226 e. The smallest absolute Gasteiger partial charge is 0.226 e. The predicted molar refractivity (Wildman–Crippen MR) is 122 cm³/mol. The molecule has 0 bridgehead atoms. The molecule has 5 nitrogen and oxygen atoms in total. The molecule has 158 valence electrons. The van der Waals surface area contributed by atoms with Gasteiger partial charge in [0.25, 0.3) is 0 Å². The lowest BCUT2D eigenvalue weighted by Crippen LogP contribution is -2.27. The number of thiazole rings is 1. The maximum absolute atomic E-state index is 13.0. The number of carbonyl (C=O) groups excluding carboxylic acids is 2. The SMILES string of the molecule is O=C(Cc1csc(SCC(=O)c2ccc(F)cc2)n1)NCCc1c[nH]c2ccccc12. The van der Waals surface area contributed by atoms with E-state index in [-0.39, 0.29) is 29.7 Å². The average Bonchev–Trinajstić information content (AvgIpc) is 3.39. The van der Waals surface area contributed by atoms with Crippen molar-refractivity contribution in [2.24, 2.45) is 0 Å². The van der Waals surface area contributed by atoms with Gasteiger partial charge in [0.05, 0.1) is 17.9 Å². The fourth-order valence-electron chi connectivity index (χ4n) is 3.18. The Morgan fingerprint density at radius 3 is 2.77 bits per heavy atom. The van der Waals surface area contributed by atoms with Gasteiger partial charge < -0.3 is 10.3 Å². The first-order valence-electron chi connectivity index (χ1n) is 9.76. The molecule has 2 N–H and O–H groups in total. The lowest BCUT2D eigenvalue weighted by Gasteiger charge is -2.03. The molecule has 2 heterocycles. The lowest BCUT2D eigenvalue weighted by molar-refractivity contribution is -0.120. The van der Waals surface area contributed by atoms with E-state index < -0.39 is 0 Å². The molecule has 0 spiro atoms. The summed E-state index contributed by atoms with van der Waals surface area (Å²) in [5.74, 6) is -0.315. The topological polar surface area (TPSA) is 74.8 Å². The Hall–Kier alpha value is -2.97. The van der Waals surface area contributed by atoms with Gasteiger partial charge in [-0.2, -0.15) is 0 Å². The molecule has 0 radical (unpaired) electrons. The van der Waals surface area contributed by atoms with Crippen LogP contribution in [0.1, 0.15) is 21.6 Å². The number of aromatic nitrogens is 2. The lowest BCUT2D eigenvalue weighted by atomic mass is 10.1. The molecule has 1 amide bonds. The van der Waals surface area contributed by atoms with E-state index in [0.717, 1.165) is 16.3 Å². The molecule has 0 fully saturated rings. The van der Waals surface area contributed by atoms with Crippen molar-refractivity contribution in [3.05, 3.63) is 82.7 Å². The van der Waals surface area contributed by atoms with E-state index in [1.807, 2.05) is 29.8 Å². The van der Waals surface area contributed by atoms with E-state index in [9.17, 15) is 14.0 Å². The number of aromatic amines is 1. The first-order chi connectivity index (χ1) is 15.1. The van der Waals surface area contributed by atoms with Gasteiger partial charge in [0.1, 0.15) is 5.82 Å². The largest absolute Gasteiger partial charge is 0.361 e. The summed E-state index contributed by atoms with van der Waals surface area (Å²) < 4.78 is 13.7. The zero-order valence-electron chi connectivity index (χ0n) is 16.6. The number of carbonyl (C=O) groups is 2. The third-order valence-electron chi connectivity index (χ3n) is 4.76. The third kappa shape index (κ3) is 5.59. The summed E-state index contributed by atoms with van der Waals surface area (Å²) in [6.07, 6.45) is 2.93. The minimum absolute atomic E-state index is 0.0796. The number of hydrogen-bond donors (Lipinski definition) is 2. The molecule has 0 aliphatic heterocycles. The van der Waals surface area contributed by atoms with E-state index in [0.29, 0.717) is 17.8 Å². The minimum atomic E-state index is -0.367. The van der Waals surface area contributed by atoms with Gasteiger partial charge in [-0.3, -0.25) is 9.59 Å².